The molecule has 6 nitrogen and oxygen atoms in total. The Balaban J connectivity index is 2.76. The number of carbonyl (C=O) groups excluding carboxylic acids is 1. The van der Waals surface area contributed by atoms with E-state index in [-0.39, 0.29) is 6.42 Å². The third-order valence-electron chi connectivity index (χ3n) is 2.05. The Morgan fingerprint density at radius 3 is 2.58 bits per heavy atom. The Kier molecular flexibility index (Phi) is 4.88. The van der Waals surface area contributed by atoms with Crippen LogP contribution in [-0.4, -0.2) is 27.8 Å². The van der Waals surface area contributed by atoms with Gasteiger partial charge in [-0.15, -0.1) is 11.3 Å². The molecule has 0 aliphatic heterocycles. The second-order valence-corrected chi connectivity index (χ2v) is 6.34. The van der Waals surface area contributed by atoms with Gasteiger partial charge in [0.25, 0.3) is 0 Å². The molecule has 0 saturated carbocycles. The van der Waals surface area contributed by atoms with Gasteiger partial charge in [-0.3, -0.25) is 4.79 Å². The summed E-state index contributed by atoms with van der Waals surface area (Å²) in [5, 5.41) is 12.3. The van der Waals surface area contributed by atoms with Gasteiger partial charge in [0, 0.05) is 11.1 Å². The van der Waals surface area contributed by atoms with Crippen molar-refractivity contribution in [3.8, 4) is 0 Å². The zero-order chi connectivity index (χ0) is 14.6. The second-order valence-electron chi connectivity index (χ2n) is 5.08. The lowest BCUT2D eigenvalue weighted by Crippen LogP contribution is -2.35. The molecule has 0 fully saturated rings. The van der Waals surface area contributed by atoms with Crippen molar-refractivity contribution < 1.29 is 19.4 Å². The quantitative estimate of drug-likeness (QED) is 0.887. The fourth-order valence-electron chi connectivity index (χ4n) is 1.39. The Bertz CT molecular complexity index is 465. The van der Waals surface area contributed by atoms with Gasteiger partial charge in [-0.1, -0.05) is 0 Å². The highest BCUT2D eigenvalue weighted by molar-refractivity contribution is 7.11. The lowest BCUT2D eigenvalue weighted by molar-refractivity contribution is -0.137. The predicted molar refractivity (Wildman–Crippen MR) is 71.2 cm³/mol. The maximum atomic E-state index is 11.7. The topological polar surface area (TPSA) is 88.5 Å². The Morgan fingerprint density at radius 2 is 2.16 bits per heavy atom. The third-order valence-corrected chi connectivity index (χ3v) is 3.08. The summed E-state index contributed by atoms with van der Waals surface area (Å²) in [5.41, 5.74) is -0.624. The maximum absolute atomic E-state index is 11.7. The lowest BCUT2D eigenvalue weighted by Gasteiger charge is -2.22. The monoisotopic (exact) mass is 286 g/mol. The van der Waals surface area contributed by atoms with Crippen LogP contribution >= 0.6 is 11.3 Å². The first-order valence-electron chi connectivity index (χ1n) is 5.81. The van der Waals surface area contributed by atoms with E-state index < -0.39 is 23.7 Å². The van der Waals surface area contributed by atoms with Gasteiger partial charge < -0.3 is 15.2 Å². The van der Waals surface area contributed by atoms with E-state index in [1.54, 1.807) is 27.0 Å². The molecule has 0 unspecified atom stereocenters. The van der Waals surface area contributed by atoms with Crippen molar-refractivity contribution in [3.63, 3.8) is 0 Å². The smallest absolute Gasteiger partial charge is 0.408 e. The number of aliphatic carboxylic acids is 1. The number of aromatic nitrogens is 1. The Labute approximate surface area is 115 Å². The number of carboxylic acid groups (broad SMARTS) is 1. The first-order valence-corrected chi connectivity index (χ1v) is 6.62. The minimum absolute atomic E-state index is 0.207. The summed E-state index contributed by atoms with van der Waals surface area (Å²) < 4.78 is 5.12. The van der Waals surface area contributed by atoms with Gasteiger partial charge in [0.1, 0.15) is 5.60 Å². The molecule has 2 N–H and O–H groups in total. The molecular weight excluding hydrogens is 268 g/mol. The number of hydrogen-bond donors (Lipinski definition) is 2. The van der Waals surface area contributed by atoms with Crippen molar-refractivity contribution in [2.75, 3.05) is 0 Å². The highest BCUT2D eigenvalue weighted by Crippen LogP contribution is 2.23. The summed E-state index contributed by atoms with van der Waals surface area (Å²) in [4.78, 5) is 27.3. The number of thiazole rings is 1. The van der Waals surface area contributed by atoms with Gasteiger partial charge in [0.15, 0.2) is 0 Å². The van der Waals surface area contributed by atoms with Crippen LogP contribution in [0.25, 0.3) is 0 Å². The number of nitrogens with one attached hydrogen (secondary N) is 1. The van der Waals surface area contributed by atoms with Crippen molar-refractivity contribution in [1.82, 2.24) is 10.3 Å². The van der Waals surface area contributed by atoms with Crippen LogP contribution in [0.15, 0.2) is 6.20 Å². The summed E-state index contributed by atoms with van der Waals surface area (Å²) >= 11 is 1.35. The fraction of sp³-hybridized carbons (Fsp3) is 0.583. The van der Waals surface area contributed by atoms with E-state index in [0.29, 0.717) is 4.88 Å². The van der Waals surface area contributed by atoms with Gasteiger partial charge in [0.2, 0.25) is 0 Å². The first kappa shape index (κ1) is 15.4. The average molecular weight is 286 g/mol. The molecule has 0 bridgehead atoms. The maximum Gasteiger partial charge on any atom is 0.408 e. The first-order chi connectivity index (χ1) is 8.67. The zero-order valence-electron chi connectivity index (χ0n) is 11.4. The van der Waals surface area contributed by atoms with Gasteiger partial charge >= 0.3 is 12.1 Å². The van der Waals surface area contributed by atoms with E-state index in [4.69, 9.17) is 9.84 Å². The summed E-state index contributed by atoms with van der Waals surface area (Å²) in [6, 6.07) is -0.626. The van der Waals surface area contributed by atoms with Crippen LogP contribution in [0, 0.1) is 6.92 Å². The van der Waals surface area contributed by atoms with E-state index in [1.165, 1.54) is 11.3 Å². The molecule has 1 aromatic rings. The molecule has 0 radical (unpaired) electrons. The molecular formula is C12H18N2O4S. The van der Waals surface area contributed by atoms with Crippen LogP contribution in [0.5, 0.6) is 0 Å². The SMILES string of the molecule is Cc1ncc([C@H](CC(=O)O)NC(=O)OC(C)(C)C)s1. The highest BCUT2D eigenvalue weighted by Gasteiger charge is 2.23. The van der Waals surface area contributed by atoms with Gasteiger partial charge in [-0.05, 0) is 27.7 Å². The molecule has 0 aliphatic carbocycles. The molecule has 0 spiro atoms. The van der Waals surface area contributed by atoms with Crippen LogP contribution in [0.1, 0.15) is 43.1 Å². The van der Waals surface area contributed by atoms with Crippen molar-refractivity contribution in [2.24, 2.45) is 0 Å². The summed E-state index contributed by atoms with van der Waals surface area (Å²) in [5.74, 6) is -0.993. The van der Waals surface area contributed by atoms with Crippen LogP contribution in [0.4, 0.5) is 4.79 Å². The molecule has 1 atom stereocenters. The van der Waals surface area contributed by atoms with Crippen molar-refractivity contribution >= 4 is 23.4 Å². The van der Waals surface area contributed by atoms with E-state index >= 15 is 0 Å². The number of carboxylic acids is 1. The van der Waals surface area contributed by atoms with Gasteiger partial charge in [-0.2, -0.15) is 0 Å². The number of ether oxygens (including phenoxy) is 1. The van der Waals surface area contributed by atoms with Gasteiger partial charge in [0.05, 0.1) is 17.5 Å². The standard InChI is InChI=1S/C12H18N2O4S/c1-7-13-6-9(19-7)8(5-10(15)16)14-11(17)18-12(2,3)4/h6,8H,5H2,1-4H3,(H,14,17)(H,15,16)/t8-/m0/s1. The largest absolute Gasteiger partial charge is 0.481 e. The fourth-order valence-corrected chi connectivity index (χ4v) is 2.22. The number of aryl methyl sites for hydroxylation is 1. The molecule has 0 saturated heterocycles. The predicted octanol–water partition coefficient (Wildman–Crippen LogP) is 2.49. The van der Waals surface area contributed by atoms with Crippen LogP contribution < -0.4 is 5.32 Å². The highest BCUT2D eigenvalue weighted by atomic mass is 32.1. The molecule has 0 aliphatic rings. The summed E-state index contributed by atoms with van der Waals surface area (Å²) in [6.45, 7) is 7.06. The normalized spacial score (nSPS) is 12.8. The van der Waals surface area contributed by atoms with Crippen LogP contribution in [-0.2, 0) is 9.53 Å². The number of alkyl carbamates (subject to hydrolysis) is 1. The number of amides is 1. The van der Waals surface area contributed by atoms with E-state index in [9.17, 15) is 9.59 Å². The minimum atomic E-state index is -0.993. The van der Waals surface area contributed by atoms with E-state index in [0.717, 1.165) is 5.01 Å². The number of hydrogen-bond acceptors (Lipinski definition) is 5. The average Bonchev–Trinajstić information content (AvgIpc) is 2.60. The molecule has 7 heteroatoms. The molecule has 1 amide bonds. The molecule has 1 rings (SSSR count). The number of rotatable bonds is 4. The second kappa shape index (κ2) is 6.01. The van der Waals surface area contributed by atoms with E-state index in [2.05, 4.69) is 10.3 Å². The van der Waals surface area contributed by atoms with Crippen molar-refractivity contribution in [3.05, 3.63) is 16.1 Å². The minimum Gasteiger partial charge on any atom is -0.481 e. The lowest BCUT2D eigenvalue weighted by atomic mass is 10.2. The van der Waals surface area contributed by atoms with Crippen LogP contribution in [0.2, 0.25) is 0 Å². The molecule has 106 valence electrons. The summed E-state index contributed by atoms with van der Waals surface area (Å²) in [6.07, 6.45) is 0.732. The molecule has 19 heavy (non-hydrogen) atoms. The Hall–Kier alpha value is -1.63. The van der Waals surface area contributed by atoms with Gasteiger partial charge in [-0.25, -0.2) is 9.78 Å². The number of nitrogens with zero attached hydrogens (tertiary/aromatic N) is 1. The number of carbonyl (C=O) groups is 2. The molecule has 0 aromatic carbocycles. The third kappa shape index (κ3) is 5.69. The summed E-state index contributed by atoms with van der Waals surface area (Å²) in [7, 11) is 0. The Morgan fingerprint density at radius 1 is 1.53 bits per heavy atom. The molecule has 1 aromatic heterocycles. The van der Waals surface area contributed by atoms with Crippen molar-refractivity contribution in [2.45, 2.75) is 45.8 Å². The van der Waals surface area contributed by atoms with Crippen molar-refractivity contribution in [1.29, 1.82) is 0 Å². The zero-order valence-corrected chi connectivity index (χ0v) is 12.2. The van der Waals surface area contributed by atoms with E-state index in [1.807, 2.05) is 6.92 Å². The van der Waals surface area contributed by atoms with Crippen LogP contribution in [0.3, 0.4) is 0 Å². The molecule has 1 heterocycles.